The Kier molecular flexibility index (Phi) is 4.37. The van der Waals surface area contributed by atoms with E-state index in [-0.39, 0.29) is 18.1 Å². The molecule has 1 fully saturated rings. The first-order chi connectivity index (χ1) is 9.45. The fourth-order valence-corrected chi connectivity index (χ4v) is 2.35. The highest BCUT2D eigenvalue weighted by Crippen LogP contribution is 2.27. The third kappa shape index (κ3) is 3.56. The number of rotatable bonds is 4. The lowest BCUT2D eigenvalue weighted by Gasteiger charge is -2.31. The highest BCUT2D eigenvalue weighted by atomic mass is 16.5. The number of benzene rings is 1. The largest absolute Gasteiger partial charge is 0.489 e. The maximum atomic E-state index is 11.5. The predicted octanol–water partition coefficient (Wildman–Crippen LogP) is 2.09. The van der Waals surface area contributed by atoms with Gasteiger partial charge in [-0.15, -0.1) is 0 Å². The van der Waals surface area contributed by atoms with E-state index in [1.54, 1.807) is 4.90 Å². The minimum Gasteiger partial charge on any atom is -0.489 e. The standard InChI is InChI=1S/C15H23N3O2/c1-10(2)20-14-8-11(4-6-13(14)16)17-12-5-7-15(19)18(3)9-12/h4,6,8,10,12,17H,5,7,9,16H2,1-3H3. The second-order valence-corrected chi connectivity index (χ2v) is 5.57. The number of piperidine rings is 1. The molecule has 5 nitrogen and oxygen atoms in total. The minimum absolute atomic E-state index is 0.0889. The smallest absolute Gasteiger partial charge is 0.222 e. The molecular weight excluding hydrogens is 254 g/mol. The van der Waals surface area contributed by atoms with Gasteiger partial charge in [0, 0.05) is 37.8 Å². The van der Waals surface area contributed by atoms with Crippen LogP contribution in [0, 0.1) is 0 Å². The average molecular weight is 277 g/mol. The summed E-state index contributed by atoms with van der Waals surface area (Å²) in [6, 6.07) is 5.98. The van der Waals surface area contributed by atoms with E-state index >= 15 is 0 Å². The van der Waals surface area contributed by atoms with Crippen molar-refractivity contribution < 1.29 is 9.53 Å². The summed E-state index contributed by atoms with van der Waals surface area (Å²) in [5.74, 6) is 0.912. The second kappa shape index (κ2) is 6.03. The zero-order valence-corrected chi connectivity index (χ0v) is 12.3. The Labute approximate surface area is 120 Å². The molecule has 1 atom stereocenters. The summed E-state index contributed by atoms with van der Waals surface area (Å²) in [5, 5.41) is 3.44. The molecule has 0 aromatic heterocycles. The van der Waals surface area contributed by atoms with Gasteiger partial charge in [-0.3, -0.25) is 4.79 Å². The average Bonchev–Trinajstić information content (AvgIpc) is 2.37. The SMILES string of the molecule is CC(C)Oc1cc(NC2CCC(=O)N(C)C2)ccc1N. The zero-order valence-electron chi connectivity index (χ0n) is 12.3. The van der Waals surface area contributed by atoms with Gasteiger partial charge in [-0.2, -0.15) is 0 Å². The lowest BCUT2D eigenvalue weighted by Crippen LogP contribution is -2.43. The van der Waals surface area contributed by atoms with E-state index < -0.39 is 0 Å². The van der Waals surface area contributed by atoms with Crippen molar-refractivity contribution >= 4 is 17.3 Å². The quantitative estimate of drug-likeness (QED) is 0.827. The summed E-state index contributed by atoms with van der Waals surface area (Å²) >= 11 is 0. The third-order valence-corrected chi connectivity index (χ3v) is 3.37. The molecule has 1 aromatic carbocycles. The maximum absolute atomic E-state index is 11.5. The molecule has 0 spiro atoms. The lowest BCUT2D eigenvalue weighted by molar-refractivity contribution is -0.132. The molecule has 1 amide bonds. The van der Waals surface area contributed by atoms with Crippen molar-refractivity contribution in [2.75, 3.05) is 24.6 Å². The van der Waals surface area contributed by atoms with Gasteiger partial charge >= 0.3 is 0 Å². The summed E-state index contributed by atoms with van der Waals surface area (Å²) in [4.78, 5) is 13.2. The van der Waals surface area contributed by atoms with Crippen LogP contribution < -0.4 is 15.8 Å². The van der Waals surface area contributed by atoms with Crippen LogP contribution in [0.3, 0.4) is 0 Å². The molecule has 3 N–H and O–H groups in total. The first-order valence-electron chi connectivity index (χ1n) is 7.02. The van der Waals surface area contributed by atoms with Crippen LogP contribution in [0.2, 0.25) is 0 Å². The molecule has 1 saturated heterocycles. The maximum Gasteiger partial charge on any atom is 0.222 e. The van der Waals surface area contributed by atoms with Crippen LogP contribution in [0.4, 0.5) is 11.4 Å². The van der Waals surface area contributed by atoms with Gasteiger partial charge in [0.15, 0.2) is 0 Å². The number of likely N-dealkylation sites (N-methyl/N-ethyl adjacent to an activating group) is 1. The van der Waals surface area contributed by atoms with Crippen LogP contribution in [0.25, 0.3) is 0 Å². The van der Waals surface area contributed by atoms with E-state index in [2.05, 4.69) is 5.32 Å². The van der Waals surface area contributed by atoms with Crippen LogP contribution in [0.15, 0.2) is 18.2 Å². The highest BCUT2D eigenvalue weighted by molar-refractivity contribution is 5.77. The molecule has 1 heterocycles. The molecule has 0 saturated carbocycles. The Bertz CT molecular complexity index is 488. The van der Waals surface area contributed by atoms with E-state index in [0.29, 0.717) is 17.9 Å². The molecule has 0 aliphatic carbocycles. The van der Waals surface area contributed by atoms with Gasteiger partial charge in [0.25, 0.3) is 0 Å². The number of nitrogens with zero attached hydrogens (tertiary/aromatic N) is 1. The van der Waals surface area contributed by atoms with Gasteiger partial charge < -0.3 is 20.7 Å². The number of nitrogens with one attached hydrogen (secondary N) is 1. The summed E-state index contributed by atoms with van der Waals surface area (Å²) in [6.45, 7) is 4.67. The van der Waals surface area contributed by atoms with Crippen LogP contribution >= 0.6 is 0 Å². The van der Waals surface area contributed by atoms with E-state index in [1.807, 2.05) is 39.1 Å². The van der Waals surface area contributed by atoms with Crippen molar-refractivity contribution in [1.82, 2.24) is 4.90 Å². The minimum atomic E-state index is 0.0889. The Morgan fingerprint density at radius 2 is 2.20 bits per heavy atom. The number of hydrogen-bond acceptors (Lipinski definition) is 4. The number of nitrogens with two attached hydrogens (primary N) is 1. The van der Waals surface area contributed by atoms with Gasteiger partial charge in [0.05, 0.1) is 11.8 Å². The Morgan fingerprint density at radius 1 is 1.45 bits per heavy atom. The molecule has 110 valence electrons. The number of hydrogen-bond donors (Lipinski definition) is 2. The van der Waals surface area contributed by atoms with Crippen molar-refractivity contribution in [3.8, 4) is 5.75 Å². The highest BCUT2D eigenvalue weighted by Gasteiger charge is 2.22. The molecule has 1 aliphatic rings. The number of anilines is 2. The van der Waals surface area contributed by atoms with E-state index in [1.165, 1.54) is 0 Å². The molecular formula is C15H23N3O2. The van der Waals surface area contributed by atoms with E-state index in [0.717, 1.165) is 18.7 Å². The molecule has 1 aromatic rings. The number of carbonyl (C=O) groups excluding carboxylic acids is 1. The van der Waals surface area contributed by atoms with Crippen molar-refractivity contribution in [2.24, 2.45) is 0 Å². The number of nitrogen functional groups attached to an aromatic ring is 1. The van der Waals surface area contributed by atoms with E-state index in [4.69, 9.17) is 10.5 Å². The molecule has 0 radical (unpaired) electrons. The molecule has 2 rings (SSSR count). The zero-order chi connectivity index (χ0) is 14.7. The summed E-state index contributed by atoms with van der Waals surface area (Å²) in [6.07, 6.45) is 1.54. The van der Waals surface area contributed by atoms with Crippen LogP contribution in [0.5, 0.6) is 5.75 Å². The van der Waals surface area contributed by atoms with Gasteiger partial charge in [-0.05, 0) is 32.4 Å². The first-order valence-corrected chi connectivity index (χ1v) is 7.02. The van der Waals surface area contributed by atoms with Gasteiger partial charge in [0.1, 0.15) is 5.75 Å². The van der Waals surface area contributed by atoms with Gasteiger partial charge in [-0.1, -0.05) is 0 Å². The predicted molar refractivity (Wildman–Crippen MR) is 80.9 cm³/mol. The molecule has 1 unspecified atom stereocenters. The summed E-state index contributed by atoms with van der Waals surface area (Å²) < 4.78 is 5.68. The fourth-order valence-electron chi connectivity index (χ4n) is 2.35. The molecule has 0 bridgehead atoms. The number of ether oxygens (including phenoxy) is 1. The van der Waals surface area contributed by atoms with Crippen LogP contribution in [0.1, 0.15) is 26.7 Å². The van der Waals surface area contributed by atoms with Gasteiger partial charge in [-0.25, -0.2) is 0 Å². The third-order valence-electron chi connectivity index (χ3n) is 3.37. The first kappa shape index (κ1) is 14.5. The van der Waals surface area contributed by atoms with Gasteiger partial charge in [0.2, 0.25) is 5.91 Å². The summed E-state index contributed by atoms with van der Waals surface area (Å²) in [7, 11) is 1.84. The monoisotopic (exact) mass is 277 g/mol. The van der Waals surface area contributed by atoms with Crippen molar-refractivity contribution in [1.29, 1.82) is 0 Å². The Hall–Kier alpha value is -1.91. The van der Waals surface area contributed by atoms with Crippen LogP contribution in [-0.4, -0.2) is 36.5 Å². The fraction of sp³-hybridized carbons (Fsp3) is 0.533. The van der Waals surface area contributed by atoms with Crippen molar-refractivity contribution in [3.63, 3.8) is 0 Å². The van der Waals surface area contributed by atoms with Crippen LogP contribution in [-0.2, 0) is 4.79 Å². The molecule has 20 heavy (non-hydrogen) atoms. The Morgan fingerprint density at radius 3 is 2.85 bits per heavy atom. The summed E-state index contributed by atoms with van der Waals surface area (Å²) in [5.41, 5.74) is 7.52. The number of carbonyl (C=O) groups is 1. The lowest BCUT2D eigenvalue weighted by atomic mass is 10.1. The number of amides is 1. The van der Waals surface area contributed by atoms with E-state index in [9.17, 15) is 4.79 Å². The molecule has 5 heteroatoms. The second-order valence-electron chi connectivity index (χ2n) is 5.57. The number of likely N-dealkylation sites (tertiary alicyclic amines) is 1. The normalized spacial score (nSPS) is 19.3. The molecule has 1 aliphatic heterocycles. The Balaban J connectivity index is 2.04. The van der Waals surface area contributed by atoms with Crippen molar-refractivity contribution in [3.05, 3.63) is 18.2 Å². The van der Waals surface area contributed by atoms with Crippen molar-refractivity contribution in [2.45, 2.75) is 38.8 Å². The topological polar surface area (TPSA) is 67.6 Å².